The molecule has 3 rings (SSSR count). The predicted octanol–water partition coefficient (Wildman–Crippen LogP) is 2.89. The molecule has 0 bridgehead atoms. The SMILES string of the molecule is CC1CN(C(=O)C2CCN(C(=O)NCc3cccc(OCC(F)F)c3)CC2)CC(C)O1. The maximum atomic E-state index is 12.9. The Kier molecular flexibility index (Phi) is 8.06. The van der Waals surface area contributed by atoms with E-state index in [4.69, 9.17) is 9.47 Å². The zero-order chi connectivity index (χ0) is 22.4. The monoisotopic (exact) mass is 439 g/mol. The Labute approximate surface area is 181 Å². The van der Waals surface area contributed by atoms with Crippen molar-refractivity contribution in [3.63, 3.8) is 0 Å². The molecule has 31 heavy (non-hydrogen) atoms. The largest absolute Gasteiger partial charge is 0.488 e. The molecule has 2 unspecified atom stereocenters. The van der Waals surface area contributed by atoms with Crippen LogP contribution in [0.3, 0.4) is 0 Å². The van der Waals surface area contributed by atoms with Crippen LogP contribution in [0.2, 0.25) is 0 Å². The van der Waals surface area contributed by atoms with Crippen molar-refractivity contribution in [2.24, 2.45) is 5.92 Å². The van der Waals surface area contributed by atoms with E-state index in [1.165, 1.54) is 0 Å². The number of morpholine rings is 1. The number of benzene rings is 1. The van der Waals surface area contributed by atoms with Gasteiger partial charge in [-0.1, -0.05) is 12.1 Å². The number of alkyl halides is 2. The molecule has 7 nitrogen and oxygen atoms in total. The first-order chi connectivity index (χ1) is 14.8. The number of carbonyl (C=O) groups excluding carboxylic acids is 2. The minimum atomic E-state index is -2.53. The van der Waals surface area contributed by atoms with E-state index in [9.17, 15) is 18.4 Å². The van der Waals surface area contributed by atoms with Crippen LogP contribution in [0.5, 0.6) is 5.75 Å². The highest BCUT2D eigenvalue weighted by Crippen LogP contribution is 2.22. The van der Waals surface area contributed by atoms with Gasteiger partial charge >= 0.3 is 6.03 Å². The van der Waals surface area contributed by atoms with Crippen molar-refractivity contribution in [1.29, 1.82) is 0 Å². The third kappa shape index (κ3) is 6.78. The summed E-state index contributed by atoms with van der Waals surface area (Å²) in [6.45, 7) is 5.84. The van der Waals surface area contributed by atoms with Gasteiger partial charge in [0.15, 0.2) is 0 Å². The second-order valence-corrected chi connectivity index (χ2v) is 8.27. The van der Waals surface area contributed by atoms with E-state index in [0.717, 1.165) is 5.56 Å². The lowest BCUT2D eigenvalue weighted by Crippen LogP contribution is -2.52. The summed E-state index contributed by atoms with van der Waals surface area (Å²) in [4.78, 5) is 29.0. The topological polar surface area (TPSA) is 71.1 Å². The molecule has 0 spiro atoms. The number of amides is 3. The third-order valence-corrected chi connectivity index (χ3v) is 5.58. The fraction of sp³-hybridized carbons (Fsp3) is 0.636. The zero-order valence-electron chi connectivity index (χ0n) is 18.1. The molecular weight excluding hydrogens is 408 g/mol. The third-order valence-electron chi connectivity index (χ3n) is 5.58. The molecule has 3 amide bonds. The van der Waals surface area contributed by atoms with Crippen LogP contribution >= 0.6 is 0 Å². The molecule has 2 saturated heterocycles. The van der Waals surface area contributed by atoms with Gasteiger partial charge < -0.3 is 24.6 Å². The van der Waals surface area contributed by atoms with Gasteiger partial charge in [0, 0.05) is 38.6 Å². The number of hydrogen-bond acceptors (Lipinski definition) is 4. The smallest absolute Gasteiger partial charge is 0.317 e. The number of likely N-dealkylation sites (tertiary alicyclic amines) is 1. The van der Waals surface area contributed by atoms with Gasteiger partial charge in [-0.05, 0) is 44.4 Å². The Hall–Kier alpha value is -2.42. The number of nitrogens with one attached hydrogen (secondary N) is 1. The van der Waals surface area contributed by atoms with Gasteiger partial charge in [0.25, 0.3) is 6.43 Å². The molecule has 0 aromatic heterocycles. The van der Waals surface area contributed by atoms with Gasteiger partial charge in [0.2, 0.25) is 5.91 Å². The van der Waals surface area contributed by atoms with Gasteiger partial charge in [0.05, 0.1) is 12.2 Å². The maximum Gasteiger partial charge on any atom is 0.317 e. The molecule has 2 fully saturated rings. The Balaban J connectivity index is 1.43. The van der Waals surface area contributed by atoms with E-state index >= 15 is 0 Å². The van der Waals surface area contributed by atoms with Crippen LogP contribution in [-0.4, -0.2) is 73.2 Å². The summed E-state index contributed by atoms with van der Waals surface area (Å²) >= 11 is 0. The lowest BCUT2D eigenvalue weighted by Gasteiger charge is -2.39. The number of carbonyl (C=O) groups is 2. The number of hydrogen-bond donors (Lipinski definition) is 1. The number of urea groups is 1. The van der Waals surface area contributed by atoms with Crippen molar-refractivity contribution >= 4 is 11.9 Å². The molecule has 1 aromatic rings. The van der Waals surface area contributed by atoms with Gasteiger partial charge in [-0.2, -0.15) is 0 Å². The average Bonchev–Trinajstić information content (AvgIpc) is 2.75. The highest BCUT2D eigenvalue weighted by Gasteiger charge is 2.33. The Morgan fingerprint density at radius 2 is 1.84 bits per heavy atom. The molecule has 2 aliphatic heterocycles. The number of halogens is 2. The summed E-state index contributed by atoms with van der Waals surface area (Å²) in [6.07, 6.45) is -1.17. The minimum absolute atomic E-state index is 0.0397. The van der Waals surface area contributed by atoms with Crippen molar-refractivity contribution in [3.8, 4) is 5.75 Å². The van der Waals surface area contributed by atoms with E-state index in [-0.39, 0.29) is 36.6 Å². The lowest BCUT2D eigenvalue weighted by molar-refractivity contribution is -0.148. The minimum Gasteiger partial charge on any atom is -0.488 e. The van der Waals surface area contributed by atoms with E-state index in [1.54, 1.807) is 29.2 Å². The molecule has 2 aliphatic rings. The summed E-state index contributed by atoms with van der Waals surface area (Å²) in [5.74, 6) is 0.436. The first kappa shape index (κ1) is 23.2. The lowest BCUT2D eigenvalue weighted by atomic mass is 9.95. The van der Waals surface area contributed by atoms with Crippen molar-refractivity contribution in [2.45, 2.75) is 51.9 Å². The number of nitrogens with zero attached hydrogens (tertiary/aromatic N) is 2. The number of ether oxygens (including phenoxy) is 2. The second-order valence-electron chi connectivity index (χ2n) is 8.27. The van der Waals surface area contributed by atoms with E-state index in [0.29, 0.717) is 44.8 Å². The van der Waals surface area contributed by atoms with E-state index in [2.05, 4.69) is 5.32 Å². The predicted molar refractivity (Wildman–Crippen MR) is 111 cm³/mol. The highest BCUT2D eigenvalue weighted by molar-refractivity contribution is 5.80. The summed E-state index contributed by atoms with van der Waals surface area (Å²) in [6, 6.07) is 6.54. The van der Waals surface area contributed by atoms with Crippen LogP contribution in [0, 0.1) is 5.92 Å². The van der Waals surface area contributed by atoms with Crippen molar-refractivity contribution in [2.75, 3.05) is 32.8 Å². The molecule has 0 saturated carbocycles. The maximum absolute atomic E-state index is 12.9. The molecule has 1 N–H and O–H groups in total. The first-order valence-corrected chi connectivity index (χ1v) is 10.8. The Morgan fingerprint density at radius 3 is 2.48 bits per heavy atom. The van der Waals surface area contributed by atoms with Crippen LogP contribution in [0.15, 0.2) is 24.3 Å². The normalized spacial score (nSPS) is 22.5. The van der Waals surface area contributed by atoms with Crippen LogP contribution in [0.4, 0.5) is 13.6 Å². The Bertz CT molecular complexity index is 746. The highest BCUT2D eigenvalue weighted by atomic mass is 19.3. The first-order valence-electron chi connectivity index (χ1n) is 10.8. The molecule has 0 radical (unpaired) electrons. The molecule has 1 aromatic carbocycles. The zero-order valence-corrected chi connectivity index (χ0v) is 18.1. The van der Waals surface area contributed by atoms with E-state index in [1.807, 2.05) is 18.7 Å². The van der Waals surface area contributed by atoms with Crippen LogP contribution in [0.1, 0.15) is 32.3 Å². The number of rotatable bonds is 6. The molecule has 2 heterocycles. The van der Waals surface area contributed by atoms with Crippen molar-refractivity contribution < 1.29 is 27.8 Å². The number of piperidine rings is 1. The molecule has 2 atom stereocenters. The summed E-state index contributed by atoms with van der Waals surface area (Å²) in [7, 11) is 0. The molecule has 172 valence electrons. The van der Waals surface area contributed by atoms with Crippen molar-refractivity contribution in [1.82, 2.24) is 15.1 Å². The molecular formula is C22H31F2N3O4. The van der Waals surface area contributed by atoms with Crippen LogP contribution in [0.25, 0.3) is 0 Å². The fourth-order valence-electron chi connectivity index (χ4n) is 4.14. The van der Waals surface area contributed by atoms with Crippen LogP contribution in [-0.2, 0) is 16.1 Å². The van der Waals surface area contributed by atoms with Gasteiger partial charge in [-0.15, -0.1) is 0 Å². The summed E-state index contributed by atoms with van der Waals surface area (Å²) in [5, 5.41) is 2.85. The summed E-state index contributed by atoms with van der Waals surface area (Å²) in [5.41, 5.74) is 0.765. The van der Waals surface area contributed by atoms with Gasteiger partial charge in [0.1, 0.15) is 12.4 Å². The molecule has 9 heteroatoms. The quantitative estimate of drug-likeness (QED) is 0.740. The second kappa shape index (κ2) is 10.7. The van der Waals surface area contributed by atoms with Crippen molar-refractivity contribution in [3.05, 3.63) is 29.8 Å². The fourth-order valence-corrected chi connectivity index (χ4v) is 4.14. The molecule has 0 aliphatic carbocycles. The van der Waals surface area contributed by atoms with Gasteiger partial charge in [-0.25, -0.2) is 13.6 Å². The summed E-state index contributed by atoms with van der Waals surface area (Å²) < 4.78 is 35.3. The Morgan fingerprint density at radius 1 is 1.16 bits per heavy atom. The van der Waals surface area contributed by atoms with Gasteiger partial charge in [-0.3, -0.25) is 4.79 Å². The standard InChI is InChI=1S/C22H31F2N3O4/c1-15-12-27(13-16(2)31-15)21(28)18-6-8-26(9-7-18)22(29)25-11-17-4-3-5-19(10-17)30-14-20(23)24/h3-5,10,15-16,18,20H,6-9,11-14H2,1-2H3,(H,25,29). The average molecular weight is 440 g/mol. The van der Waals surface area contributed by atoms with Crippen LogP contribution < -0.4 is 10.1 Å². The van der Waals surface area contributed by atoms with E-state index < -0.39 is 13.0 Å².